The van der Waals surface area contributed by atoms with Crippen LogP contribution in [0.25, 0.3) is 43.1 Å². The first kappa shape index (κ1) is 28.3. The zero-order valence-corrected chi connectivity index (χ0v) is 24.1. The summed E-state index contributed by atoms with van der Waals surface area (Å²) < 4.78 is 44.2. The molecule has 0 saturated heterocycles. The van der Waals surface area contributed by atoms with Crippen molar-refractivity contribution in [2.45, 2.75) is 0 Å². The monoisotopic (exact) mass is 578 g/mol. The molecule has 0 aromatic heterocycles. The van der Waals surface area contributed by atoms with Gasteiger partial charge in [-0.15, -0.1) is 0 Å². The van der Waals surface area contributed by atoms with Gasteiger partial charge >= 0.3 is 11.9 Å². The number of rotatable bonds is 8. The molecule has 0 bridgehead atoms. The third-order valence-corrected chi connectivity index (χ3v) is 7.37. The van der Waals surface area contributed by atoms with Gasteiger partial charge in [-0.2, -0.15) is 0 Å². The molecule has 0 aliphatic heterocycles. The first-order chi connectivity index (χ1) is 20.2. The largest absolute Gasteiger partial charge is 0.496 e. The van der Waals surface area contributed by atoms with Gasteiger partial charge < -0.3 is 37.9 Å². The summed E-state index contributed by atoms with van der Waals surface area (Å²) in [6.07, 6.45) is 0. The van der Waals surface area contributed by atoms with Crippen LogP contribution in [0, 0.1) is 0 Å². The third-order valence-electron chi connectivity index (χ3n) is 7.37. The highest BCUT2D eigenvalue weighted by atomic mass is 16.5. The lowest BCUT2D eigenvalue weighted by molar-refractivity contribution is 0.0588. The van der Waals surface area contributed by atoms with Gasteiger partial charge in [0.05, 0.1) is 67.7 Å². The molecule has 12 nitrogen and oxygen atoms in total. The minimum absolute atomic E-state index is 0.0189. The van der Waals surface area contributed by atoms with Gasteiger partial charge in [0.2, 0.25) is 0 Å². The lowest BCUT2D eigenvalue weighted by Gasteiger charge is -2.25. The molecule has 0 unspecified atom stereocenters. The number of carbonyl (C=O) groups excluding carboxylic acids is 2. The third kappa shape index (κ3) is 3.47. The van der Waals surface area contributed by atoms with E-state index in [-0.39, 0.29) is 77.9 Å². The molecule has 0 saturated carbocycles. The maximum absolute atomic E-state index is 13.7. The Balaban J connectivity index is 2.46. The minimum Gasteiger partial charge on any atom is -0.496 e. The van der Waals surface area contributed by atoms with E-state index in [1.165, 1.54) is 54.8 Å². The van der Waals surface area contributed by atoms with E-state index < -0.39 is 22.8 Å². The molecule has 0 aliphatic carbocycles. The van der Waals surface area contributed by atoms with Gasteiger partial charge in [-0.3, -0.25) is 9.59 Å². The van der Waals surface area contributed by atoms with Gasteiger partial charge in [-0.05, 0) is 0 Å². The van der Waals surface area contributed by atoms with Gasteiger partial charge in [0, 0.05) is 44.5 Å². The molecule has 5 rings (SSSR count). The highest BCUT2D eigenvalue weighted by Crippen LogP contribution is 2.55. The summed E-state index contributed by atoms with van der Waals surface area (Å²) >= 11 is 0. The summed E-state index contributed by atoms with van der Waals surface area (Å²) in [6.45, 7) is 0. The Morgan fingerprint density at radius 2 is 0.762 bits per heavy atom. The Morgan fingerprint density at radius 3 is 1.02 bits per heavy atom. The number of ether oxygens (including phenoxy) is 8. The molecule has 0 heterocycles. The van der Waals surface area contributed by atoms with Crippen molar-refractivity contribution in [1.29, 1.82) is 0 Å². The maximum atomic E-state index is 13.7. The van der Waals surface area contributed by atoms with Crippen LogP contribution in [0.5, 0.6) is 34.5 Å². The quantitative estimate of drug-likeness (QED) is 0.151. The van der Waals surface area contributed by atoms with E-state index in [1.807, 2.05) is 0 Å². The first-order valence-electron chi connectivity index (χ1n) is 12.4. The zero-order chi connectivity index (χ0) is 30.6. The van der Waals surface area contributed by atoms with Crippen molar-refractivity contribution in [3.05, 3.63) is 43.7 Å². The minimum atomic E-state index is -0.879. The lowest BCUT2D eigenvalue weighted by atomic mass is 9.83. The Bertz CT molecular complexity index is 1900. The summed E-state index contributed by atoms with van der Waals surface area (Å²) in [6, 6.07) is 2.51. The fraction of sp³-hybridized carbons (Fsp3) is 0.267. The van der Waals surface area contributed by atoms with Crippen LogP contribution in [0.1, 0.15) is 20.7 Å². The van der Waals surface area contributed by atoms with Gasteiger partial charge in [0.15, 0.2) is 33.9 Å². The van der Waals surface area contributed by atoms with E-state index in [4.69, 9.17) is 37.9 Å². The average Bonchev–Trinajstić information content (AvgIpc) is 3.01. The van der Waals surface area contributed by atoms with Crippen molar-refractivity contribution in [3.8, 4) is 34.5 Å². The predicted molar refractivity (Wildman–Crippen MR) is 153 cm³/mol. The number of fused-ring (bicyclic) bond motifs is 2. The highest BCUT2D eigenvalue weighted by molar-refractivity contribution is 6.42. The smallest absolute Gasteiger partial charge is 0.342 e. The molecule has 0 atom stereocenters. The molecule has 0 fully saturated rings. The van der Waals surface area contributed by atoms with Crippen LogP contribution in [0.4, 0.5) is 0 Å². The van der Waals surface area contributed by atoms with Crippen molar-refractivity contribution >= 4 is 55.0 Å². The van der Waals surface area contributed by atoms with E-state index >= 15 is 0 Å². The standard InChI is InChI=1S/C30H26O12/c1-35-13-9-11(31)15-19-17(13)18-14(36-2)10-12(32)16-20(18)22(24(30(34)42-8)28(40-6)26(16)38-4)21(19)23(29(33)41-7)27(39-5)25(15)37-3/h9-10H,1-8H3. The van der Waals surface area contributed by atoms with Crippen LogP contribution >= 0.6 is 0 Å². The molecule has 0 radical (unpaired) electrons. The van der Waals surface area contributed by atoms with Crippen molar-refractivity contribution in [3.63, 3.8) is 0 Å². The molecule has 5 aromatic carbocycles. The van der Waals surface area contributed by atoms with E-state index in [9.17, 15) is 19.2 Å². The molecule has 5 aromatic rings. The summed E-state index contributed by atoms with van der Waals surface area (Å²) in [4.78, 5) is 54.6. The second kappa shape index (κ2) is 10.3. The first-order valence-corrected chi connectivity index (χ1v) is 12.4. The number of benzene rings is 5. The van der Waals surface area contributed by atoms with E-state index in [1.54, 1.807) is 0 Å². The van der Waals surface area contributed by atoms with Crippen molar-refractivity contribution in [1.82, 2.24) is 0 Å². The van der Waals surface area contributed by atoms with Crippen LogP contribution in [-0.2, 0) is 9.47 Å². The Morgan fingerprint density at radius 1 is 0.429 bits per heavy atom. The van der Waals surface area contributed by atoms with Crippen LogP contribution in [0.15, 0.2) is 21.7 Å². The second-order valence-corrected chi connectivity index (χ2v) is 9.02. The van der Waals surface area contributed by atoms with Gasteiger partial charge in [-0.25, -0.2) is 9.59 Å². The van der Waals surface area contributed by atoms with Crippen molar-refractivity contribution in [2.75, 3.05) is 56.9 Å². The summed E-state index contributed by atoms with van der Waals surface area (Å²) in [5, 5.41) is 1.03. The Labute approximate surface area is 237 Å². The summed E-state index contributed by atoms with van der Waals surface area (Å²) in [5.41, 5.74) is -1.43. The molecule has 42 heavy (non-hydrogen) atoms. The van der Waals surface area contributed by atoms with Crippen molar-refractivity contribution in [2.24, 2.45) is 0 Å². The molecular weight excluding hydrogens is 552 g/mol. The topological polar surface area (TPSA) is 142 Å². The van der Waals surface area contributed by atoms with Gasteiger partial charge in [0.25, 0.3) is 0 Å². The predicted octanol–water partition coefficient (Wildman–Crippen LogP) is 3.52. The fourth-order valence-electron chi connectivity index (χ4n) is 5.84. The van der Waals surface area contributed by atoms with Gasteiger partial charge in [-0.1, -0.05) is 0 Å². The Hall–Kier alpha value is -5.26. The Kier molecular flexibility index (Phi) is 6.93. The maximum Gasteiger partial charge on any atom is 0.342 e. The van der Waals surface area contributed by atoms with Crippen LogP contribution in [0.2, 0.25) is 0 Å². The number of carbonyl (C=O) groups is 2. The number of methoxy groups -OCH3 is 8. The molecule has 0 spiro atoms. The van der Waals surface area contributed by atoms with Crippen LogP contribution < -0.4 is 39.3 Å². The summed E-state index contributed by atoms with van der Waals surface area (Å²) in [7, 11) is 10.3. The van der Waals surface area contributed by atoms with Crippen LogP contribution in [-0.4, -0.2) is 68.8 Å². The van der Waals surface area contributed by atoms with Gasteiger partial charge in [0.1, 0.15) is 22.6 Å². The van der Waals surface area contributed by atoms with E-state index in [2.05, 4.69) is 0 Å². The SMILES string of the molecule is COC(=O)c1c(OC)c(OC)c2c(=O)cc(OC)c3c4c(OC)cc(=O)c5c(OC)c(OC)c(C(=O)OC)c(c1c23)c54. The average molecular weight is 579 g/mol. The zero-order valence-electron chi connectivity index (χ0n) is 24.1. The molecular formula is C30H26O12. The van der Waals surface area contributed by atoms with Crippen molar-refractivity contribution < 1.29 is 47.5 Å². The lowest BCUT2D eigenvalue weighted by Crippen LogP contribution is -2.15. The molecule has 12 heteroatoms. The molecule has 0 N–H and O–H groups in total. The summed E-state index contributed by atoms with van der Waals surface area (Å²) in [5.74, 6) is -1.91. The van der Waals surface area contributed by atoms with E-state index in [0.717, 1.165) is 14.2 Å². The second-order valence-electron chi connectivity index (χ2n) is 9.02. The van der Waals surface area contributed by atoms with E-state index in [0.29, 0.717) is 10.8 Å². The normalized spacial score (nSPS) is 11.2. The molecule has 0 amide bonds. The number of hydrogen-bond acceptors (Lipinski definition) is 12. The highest BCUT2D eigenvalue weighted by Gasteiger charge is 2.36. The molecule has 0 aliphatic rings. The number of hydrogen-bond donors (Lipinski definition) is 0. The fourth-order valence-corrected chi connectivity index (χ4v) is 5.84. The molecule has 218 valence electrons. The number of esters is 2. The van der Waals surface area contributed by atoms with Crippen LogP contribution in [0.3, 0.4) is 0 Å².